The summed E-state index contributed by atoms with van der Waals surface area (Å²) in [5, 5.41) is 19.4. The van der Waals surface area contributed by atoms with Crippen LogP contribution in [0.4, 0.5) is 22.7 Å². The first-order valence-electron chi connectivity index (χ1n) is 9.25. The van der Waals surface area contributed by atoms with E-state index in [2.05, 4.69) is 20.1 Å². The van der Waals surface area contributed by atoms with Gasteiger partial charge in [-0.3, -0.25) is 10.1 Å². The van der Waals surface area contributed by atoms with Crippen molar-refractivity contribution in [2.75, 3.05) is 62.1 Å². The summed E-state index contributed by atoms with van der Waals surface area (Å²) in [4.78, 5) is 17.3. The Hall–Kier alpha value is -3.56. The molecule has 3 aromatic rings. The molecule has 2 aromatic carbocycles. The number of nitro groups is 1. The lowest BCUT2D eigenvalue weighted by molar-refractivity contribution is -0.382. The van der Waals surface area contributed by atoms with Gasteiger partial charge < -0.3 is 19.4 Å². The standard InChI is InChI=1S/C19H22N6O4/c1-22(2)15-12-14(17-18(21-29-20-17)19(15)25(26)27)24-10-8-23(9-11-24)13-6-4-5-7-16(13)28-3/h4-7,12H,8-11H2,1-3H3. The smallest absolute Gasteiger partial charge is 0.323 e. The van der Waals surface area contributed by atoms with Crippen LogP contribution in [0.1, 0.15) is 0 Å². The van der Waals surface area contributed by atoms with Gasteiger partial charge in [0.15, 0.2) is 5.52 Å². The van der Waals surface area contributed by atoms with Gasteiger partial charge in [-0.05, 0) is 28.5 Å². The third-order valence-electron chi connectivity index (χ3n) is 5.18. The van der Waals surface area contributed by atoms with E-state index in [9.17, 15) is 10.1 Å². The number of nitrogens with zero attached hydrogens (tertiary/aromatic N) is 6. The van der Waals surface area contributed by atoms with Gasteiger partial charge in [-0.1, -0.05) is 12.1 Å². The molecule has 1 aromatic heterocycles. The Balaban J connectivity index is 1.66. The number of ether oxygens (including phenoxy) is 1. The predicted octanol–water partition coefficient (Wildman–Crippen LogP) is 2.53. The fourth-order valence-electron chi connectivity index (χ4n) is 3.74. The molecule has 0 aliphatic carbocycles. The molecule has 0 bridgehead atoms. The fourth-order valence-corrected chi connectivity index (χ4v) is 3.74. The number of hydrogen-bond donors (Lipinski definition) is 0. The van der Waals surface area contributed by atoms with Gasteiger partial charge in [-0.15, -0.1) is 0 Å². The van der Waals surface area contributed by atoms with E-state index in [1.54, 1.807) is 32.2 Å². The summed E-state index contributed by atoms with van der Waals surface area (Å²) in [6.07, 6.45) is 0. The SMILES string of the molecule is COc1ccccc1N1CCN(c2cc(N(C)C)c([N+](=O)[O-])c3nonc23)CC1. The lowest BCUT2D eigenvalue weighted by Crippen LogP contribution is -2.46. The molecule has 0 amide bonds. The summed E-state index contributed by atoms with van der Waals surface area (Å²) >= 11 is 0. The summed E-state index contributed by atoms with van der Waals surface area (Å²) in [6, 6.07) is 9.74. The lowest BCUT2D eigenvalue weighted by atomic mass is 10.1. The first kappa shape index (κ1) is 18.8. The summed E-state index contributed by atoms with van der Waals surface area (Å²) in [5.41, 5.74) is 2.80. The minimum Gasteiger partial charge on any atom is -0.495 e. The highest BCUT2D eigenvalue weighted by Gasteiger charge is 2.30. The Morgan fingerprint density at radius 1 is 1.07 bits per heavy atom. The second-order valence-corrected chi connectivity index (χ2v) is 7.02. The van der Waals surface area contributed by atoms with Gasteiger partial charge in [0.25, 0.3) is 0 Å². The second kappa shape index (κ2) is 7.46. The highest BCUT2D eigenvalue weighted by atomic mass is 16.6. The molecule has 0 saturated carbocycles. The Kier molecular flexibility index (Phi) is 4.83. The largest absolute Gasteiger partial charge is 0.495 e. The molecule has 1 aliphatic heterocycles. The van der Waals surface area contributed by atoms with Crippen LogP contribution < -0.4 is 19.4 Å². The minimum absolute atomic E-state index is 0.0948. The van der Waals surface area contributed by atoms with Gasteiger partial charge >= 0.3 is 5.69 Å². The molecule has 0 unspecified atom stereocenters. The number of methoxy groups -OCH3 is 1. The van der Waals surface area contributed by atoms with Crippen LogP contribution in [0.2, 0.25) is 0 Å². The molecular weight excluding hydrogens is 376 g/mol. The van der Waals surface area contributed by atoms with E-state index in [1.807, 2.05) is 24.3 Å². The molecule has 1 aliphatic rings. The average molecular weight is 398 g/mol. The van der Waals surface area contributed by atoms with Crippen molar-refractivity contribution in [3.63, 3.8) is 0 Å². The molecule has 10 nitrogen and oxygen atoms in total. The van der Waals surface area contributed by atoms with Crippen molar-refractivity contribution in [2.24, 2.45) is 0 Å². The van der Waals surface area contributed by atoms with Gasteiger partial charge in [0.1, 0.15) is 11.4 Å². The maximum atomic E-state index is 11.6. The fraction of sp³-hybridized carbons (Fsp3) is 0.368. The summed E-state index contributed by atoms with van der Waals surface area (Å²) < 4.78 is 10.3. The normalized spacial score (nSPS) is 14.3. The van der Waals surface area contributed by atoms with Gasteiger partial charge in [-0.2, -0.15) is 0 Å². The quantitative estimate of drug-likeness (QED) is 0.474. The van der Waals surface area contributed by atoms with E-state index >= 15 is 0 Å². The van der Waals surface area contributed by atoms with Crippen LogP contribution in [0.5, 0.6) is 5.75 Å². The van der Waals surface area contributed by atoms with Crippen molar-refractivity contribution in [3.05, 3.63) is 40.4 Å². The number of hydrogen-bond acceptors (Lipinski definition) is 9. The van der Waals surface area contributed by atoms with Crippen LogP contribution in [0.15, 0.2) is 35.0 Å². The van der Waals surface area contributed by atoms with E-state index < -0.39 is 4.92 Å². The Bertz CT molecular complexity index is 1040. The Morgan fingerprint density at radius 2 is 1.69 bits per heavy atom. The van der Waals surface area contributed by atoms with E-state index in [4.69, 9.17) is 9.37 Å². The average Bonchev–Trinajstić information content (AvgIpc) is 3.22. The third-order valence-corrected chi connectivity index (χ3v) is 5.18. The zero-order chi connectivity index (χ0) is 20.5. The van der Waals surface area contributed by atoms with Crippen molar-refractivity contribution in [2.45, 2.75) is 0 Å². The molecule has 2 heterocycles. The molecule has 0 radical (unpaired) electrons. The number of fused-ring (bicyclic) bond motifs is 1. The Labute approximate surface area is 167 Å². The molecule has 0 spiro atoms. The van der Waals surface area contributed by atoms with Crippen molar-refractivity contribution in [1.82, 2.24) is 10.3 Å². The van der Waals surface area contributed by atoms with E-state index in [1.165, 1.54) is 0 Å². The number of benzene rings is 2. The van der Waals surface area contributed by atoms with Crippen LogP contribution in [0.25, 0.3) is 11.0 Å². The lowest BCUT2D eigenvalue weighted by Gasteiger charge is -2.38. The van der Waals surface area contributed by atoms with Gasteiger partial charge in [0.2, 0.25) is 5.52 Å². The summed E-state index contributed by atoms with van der Waals surface area (Å²) in [7, 11) is 5.21. The van der Waals surface area contributed by atoms with Crippen molar-refractivity contribution < 1.29 is 14.3 Å². The van der Waals surface area contributed by atoms with Crippen LogP contribution in [0, 0.1) is 10.1 Å². The molecule has 0 atom stereocenters. The number of piperazine rings is 1. The second-order valence-electron chi connectivity index (χ2n) is 7.02. The van der Waals surface area contributed by atoms with Crippen LogP contribution in [-0.2, 0) is 0 Å². The van der Waals surface area contributed by atoms with Gasteiger partial charge in [0.05, 0.1) is 23.4 Å². The molecule has 1 fully saturated rings. The van der Waals surface area contributed by atoms with Crippen LogP contribution >= 0.6 is 0 Å². The highest BCUT2D eigenvalue weighted by Crippen LogP contribution is 2.40. The summed E-state index contributed by atoms with van der Waals surface area (Å²) in [6.45, 7) is 3.01. The molecule has 152 valence electrons. The van der Waals surface area contributed by atoms with Crippen molar-refractivity contribution >= 4 is 33.8 Å². The minimum atomic E-state index is -0.439. The van der Waals surface area contributed by atoms with E-state index in [0.717, 1.165) is 43.3 Å². The topological polar surface area (TPSA) is 101 Å². The third kappa shape index (κ3) is 3.26. The van der Waals surface area contributed by atoms with Crippen molar-refractivity contribution in [3.8, 4) is 5.75 Å². The van der Waals surface area contributed by atoms with E-state index in [0.29, 0.717) is 11.2 Å². The first-order chi connectivity index (χ1) is 14.0. The number of para-hydroxylation sites is 2. The molecule has 29 heavy (non-hydrogen) atoms. The zero-order valence-electron chi connectivity index (χ0n) is 16.5. The van der Waals surface area contributed by atoms with Gasteiger partial charge in [0, 0.05) is 40.3 Å². The molecule has 4 rings (SSSR count). The maximum absolute atomic E-state index is 11.6. The monoisotopic (exact) mass is 398 g/mol. The zero-order valence-corrected chi connectivity index (χ0v) is 16.5. The number of aromatic nitrogens is 2. The van der Waals surface area contributed by atoms with Gasteiger partial charge in [-0.25, -0.2) is 4.63 Å². The van der Waals surface area contributed by atoms with Crippen LogP contribution in [-0.4, -0.2) is 62.6 Å². The van der Waals surface area contributed by atoms with Crippen molar-refractivity contribution in [1.29, 1.82) is 0 Å². The van der Waals surface area contributed by atoms with E-state index in [-0.39, 0.29) is 11.2 Å². The first-order valence-corrected chi connectivity index (χ1v) is 9.25. The number of rotatable bonds is 5. The molecule has 10 heteroatoms. The molecule has 1 saturated heterocycles. The molecule has 0 N–H and O–H groups in total. The number of nitro benzene ring substituents is 1. The Morgan fingerprint density at radius 3 is 2.31 bits per heavy atom. The summed E-state index contributed by atoms with van der Waals surface area (Å²) in [5.74, 6) is 0.842. The van der Waals surface area contributed by atoms with Crippen LogP contribution in [0.3, 0.4) is 0 Å². The predicted molar refractivity (Wildman–Crippen MR) is 110 cm³/mol. The highest BCUT2D eigenvalue weighted by molar-refractivity contribution is 6.00. The number of anilines is 3. The maximum Gasteiger partial charge on any atom is 0.323 e. The molecular formula is C19H22N6O4.